The lowest BCUT2D eigenvalue weighted by Crippen LogP contribution is -2.22. The monoisotopic (exact) mass is 277 g/mol. The van der Waals surface area contributed by atoms with Gasteiger partial charge < -0.3 is 9.15 Å². The molecule has 0 fully saturated rings. The number of thiol groups is 1. The van der Waals surface area contributed by atoms with Crippen LogP contribution in [0.1, 0.15) is 6.42 Å². The maximum atomic E-state index is 11.4. The van der Waals surface area contributed by atoms with Crippen molar-refractivity contribution in [2.45, 2.75) is 6.42 Å². The Hall–Kier alpha value is -1.88. The van der Waals surface area contributed by atoms with Crippen molar-refractivity contribution in [3.8, 4) is 0 Å². The average Bonchev–Trinajstić information content (AvgIpc) is 2.94. The highest BCUT2D eigenvalue weighted by molar-refractivity contribution is 7.80. The van der Waals surface area contributed by atoms with Gasteiger partial charge in [-0.15, -0.1) is 0 Å². The molecule has 2 aromatic rings. The molecule has 0 unspecified atom stereocenters. The van der Waals surface area contributed by atoms with Crippen LogP contribution in [0.4, 0.5) is 11.6 Å². The van der Waals surface area contributed by atoms with Crippen molar-refractivity contribution in [2.24, 2.45) is 0 Å². The molecule has 0 spiro atoms. The maximum absolute atomic E-state index is 11.4. The minimum Gasteiger partial charge on any atom is -0.448 e. The van der Waals surface area contributed by atoms with Gasteiger partial charge in [-0.3, -0.25) is 9.69 Å². The molecule has 0 aliphatic carbocycles. The molecule has 1 aromatic carbocycles. The van der Waals surface area contributed by atoms with E-state index in [0.717, 1.165) is 5.69 Å². The van der Waals surface area contributed by atoms with E-state index in [1.54, 1.807) is 17.2 Å². The Morgan fingerprint density at radius 2 is 2.00 bits per heavy atom. The number of para-hydroxylation sites is 1. The van der Waals surface area contributed by atoms with Crippen LogP contribution in [-0.4, -0.2) is 18.5 Å². The lowest BCUT2D eigenvalue weighted by molar-refractivity contribution is -0.142. The summed E-state index contributed by atoms with van der Waals surface area (Å²) >= 11 is 4.00. The number of esters is 1. The van der Waals surface area contributed by atoms with Gasteiger partial charge in [0.1, 0.15) is 0 Å². The average molecular weight is 277 g/mol. The van der Waals surface area contributed by atoms with Crippen molar-refractivity contribution >= 4 is 30.2 Å². The van der Waals surface area contributed by atoms with Crippen molar-refractivity contribution in [1.82, 2.24) is 0 Å². The van der Waals surface area contributed by atoms with Crippen molar-refractivity contribution < 1.29 is 13.9 Å². The number of hydrogen-bond donors (Lipinski definition) is 1. The lowest BCUT2D eigenvalue weighted by atomic mass is 10.3. The quantitative estimate of drug-likeness (QED) is 0.500. The van der Waals surface area contributed by atoms with Crippen LogP contribution in [-0.2, 0) is 9.53 Å². The predicted molar refractivity (Wildman–Crippen MR) is 76.7 cm³/mol. The number of rotatable bonds is 6. The first-order valence-electron chi connectivity index (χ1n) is 5.94. The van der Waals surface area contributed by atoms with Crippen LogP contribution < -0.4 is 4.90 Å². The fourth-order valence-electron chi connectivity index (χ4n) is 1.60. The predicted octanol–water partition coefficient (Wildman–Crippen LogP) is 3.24. The first kappa shape index (κ1) is 13.5. The van der Waals surface area contributed by atoms with Crippen molar-refractivity contribution in [3.63, 3.8) is 0 Å². The number of carbonyl (C=O) groups is 1. The molecule has 0 aliphatic heterocycles. The van der Waals surface area contributed by atoms with Gasteiger partial charge in [-0.05, 0) is 18.2 Å². The third kappa shape index (κ3) is 3.79. The van der Waals surface area contributed by atoms with Crippen LogP contribution in [0.2, 0.25) is 0 Å². The number of ether oxygens (including phenoxy) is 1. The molecular formula is C14H15NO3S. The molecule has 1 aromatic heterocycles. The molecule has 0 bridgehead atoms. The Morgan fingerprint density at radius 1 is 1.21 bits per heavy atom. The number of anilines is 2. The number of furan rings is 1. The fraction of sp³-hybridized carbons (Fsp3) is 0.214. The van der Waals surface area contributed by atoms with Crippen molar-refractivity contribution in [1.29, 1.82) is 0 Å². The van der Waals surface area contributed by atoms with E-state index in [1.165, 1.54) is 0 Å². The van der Waals surface area contributed by atoms with Gasteiger partial charge in [0, 0.05) is 17.5 Å². The first-order chi connectivity index (χ1) is 9.31. The molecule has 0 amide bonds. The summed E-state index contributed by atoms with van der Waals surface area (Å²) < 4.78 is 10.6. The van der Waals surface area contributed by atoms with Gasteiger partial charge in [-0.25, -0.2) is 0 Å². The number of carbonyl (C=O) groups excluding carboxylic acids is 1. The normalized spacial score (nSPS) is 10.2. The van der Waals surface area contributed by atoms with Crippen LogP contribution in [0.15, 0.2) is 53.1 Å². The minimum absolute atomic E-state index is 0.115. The third-order valence-corrected chi connectivity index (χ3v) is 2.73. The van der Waals surface area contributed by atoms with E-state index >= 15 is 0 Å². The van der Waals surface area contributed by atoms with Crippen LogP contribution in [0.3, 0.4) is 0 Å². The van der Waals surface area contributed by atoms with Gasteiger partial charge in [0.2, 0.25) is 5.88 Å². The molecular weight excluding hydrogens is 262 g/mol. The number of benzene rings is 1. The van der Waals surface area contributed by atoms with Gasteiger partial charge in [-0.2, -0.15) is 12.6 Å². The van der Waals surface area contributed by atoms with E-state index in [1.807, 2.05) is 36.4 Å². The number of nitrogens with zero attached hydrogens (tertiary/aromatic N) is 1. The summed E-state index contributed by atoms with van der Waals surface area (Å²) in [5, 5.41) is 0. The summed E-state index contributed by atoms with van der Waals surface area (Å²) in [6.45, 7) is 0.115. The van der Waals surface area contributed by atoms with Gasteiger partial charge in [-0.1, -0.05) is 18.2 Å². The standard InChI is InChI=1S/C14H15NO3S/c16-14(8-10-19)18-11-15(13-7-4-9-17-13)12-5-2-1-3-6-12/h1-7,9,19H,8,10-11H2. The topological polar surface area (TPSA) is 42.7 Å². The first-order valence-corrected chi connectivity index (χ1v) is 6.57. The molecule has 5 heteroatoms. The van der Waals surface area contributed by atoms with Gasteiger partial charge in [0.25, 0.3) is 0 Å². The van der Waals surface area contributed by atoms with Gasteiger partial charge >= 0.3 is 5.97 Å². The van der Waals surface area contributed by atoms with E-state index in [9.17, 15) is 4.79 Å². The van der Waals surface area contributed by atoms with E-state index in [-0.39, 0.29) is 12.7 Å². The molecule has 100 valence electrons. The number of hydrogen-bond acceptors (Lipinski definition) is 5. The molecule has 0 N–H and O–H groups in total. The molecule has 0 saturated carbocycles. The van der Waals surface area contributed by atoms with Crippen LogP contribution in [0.25, 0.3) is 0 Å². The van der Waals surface area contributed by atoms with Crippen molar-refractivity contribution in [2.75, 3.05) is 17.4 Å². The second-order valence-electron chi connectivity index (χ2n) is 3.83. The Balaban J connectivity index is 2.10. The zero-order chi connectivity index (χ0) is 13.5. The lowest BCUT2D eigenvalue weighted by Gasteiger charge is -2.21. The highest BCUT2D eigenvalue weighted by atomic mass is 32.1. The summed E-state index contributed by atoms with van der Waals surface area (Å²) in [6.07, 6.45) is 1.88. The van der Waals surface area contributed by atoms with E-state index < -0.39 is 0 Å². The zero-order valence-corrected chi connectivity index (χ0v) is 11.3. The maximum Gasteiger partial charge on any atom is 0.308 e. The van der Waals surface area contributed by atoms with E-state index in [4.69, 9.17) is 9.15 Å². The summed E-state index contributed by atoms with van der Waals surface area (Å²) in [5.41, 5.74) is 0.899. The largest absolute Gasteiger partial charge is 0.448 e. The summed E-state index contributed by atoms with van der Waals surface area (Å²) in [6, 6.07) is 13.2. The van der Waals surface area contributed by atoms with Crippen LogP contribution >= 0.6 is 12.6 Å². The molecule has 1 heterocycles. The highest BCUT2D eigenvalue weighted by Gasteiger charge is 2.13. The molecule has 2 rings (SSSR count). The third-order valence-electron chi connectivity index (χ3n) is 2.51. The fourth-order valence-corrected chi connectivity index (χ4v) is 1.78. The SMILES string of the molecule is O=C(CCS)OCN(c1ccccc1)c1ccco1. The minimum atomic E-state index is -0.275. The Kier molecular flexibility index (Phi) is 4.92. The molecule has 0 saturated heterocycles. The Bertz CT molecular complexity index is 499. The molecule has 0 radical (unpaired) electrons. The zero-order valence-electron chi connectivity index (χ0n) is 10.4. The molecule has 0 atom stereocenters. The summed E-state index contributed by atoms with van der Waals surface area (Å²) in [5.74, 6) is 0.831. The van der Waals surface area contributed by atoms with Crippen molar-refractivity contribution in [3.05, 3.63) is 48.7 Å². The summed E-state index contributed by atoms with van der Waals surface area (Å²) in [7, 11) is 0. The molecule has 4 nitrogen and oxygen atoms in total. The molecule has 19 heavy (non-hydrogen) atoms. The second kappa shape index (κ2) is 6.89. The van der Waals surface area contributed by atoms with Crippen LogP contribution in [0.5, 0.6) is 0 Å². The van der Waals surface area contributed by atoms with E-state index in [2.05, 4.69) is 12.6 Å². The smallest absolute Gasteiger partial charge is 0.308 e. The van der Waals surface area contributed by atoms with Gasteiger partial charge in [0.05, 0.1) is 12.7 Å². The second-order valence-corrected chi connectivity index (χ2v) is 4.28. The highest BCUT2D eigenvalue weighted by Crippen LogP contribution is 2.25. The Morgan fingerprint density at radius 3 is 2.63 bits per heavy atom. The summed E-state index contributed by atoms with van der Waals surface area (Å²) in [4.78, 5) is 13.2. The Labute approximate surface area is 117 Å². The van der Waals surface area contributed by atoms with E-state index in [0.29, 0.717) is 18.1 Å². The van der Waals surface area contributed by atoms with Gasteiger partial charge in [0.15, 0.2) is 6.73 Å². The van der Waals surface area contributed by atoms with Crippen LogP contribution in [0, 0.1) is 0 Å². The molecule has 0 aliphatic rings.